The first kappa shape index (κ1) is 14.3. The van der Waals surface area contributed by atoms with Crippen molar-refractivity contribution in [2.75, 3.05) is 12.3 Å². The first-order valence-corrected chi connectivity index (χ1v) is 7.60. The summed E-state index contributed by atoms with van der Waals surface area (Å²) in [5, 5.41) is 12.1. The minimum atomic E-state index is -0.605. The zero-order chi connectivity index (χ0) is 13.9. The van der Waals surface area contributed by atoms with Gasteiger partial charge in [-0.25, -0.2) is 0 Å². The van der Waals surface area contributed by atoms with Crippen LogP contribution < -0.4 is 11.1 Å². The van der Waals surface area contributed by atoms with Gasteiger partial charge in [-0.1, -0.05) is 18.7 Å². The molecule has 1 amide bonds. The first-order valence-electron chi connectivity index (χ1n) is 6.62. The number of nitrogens with two attached hydrogens (primary N) is 1. The van der Waals surface area contributed by atoms with E-state index in [-0.39, 0.29) is 5.91 Å². The van der Waals surface area contributed by atoms with Crippen LogP contribution in [0.1, 0.15) is 26.2 Å². The smallest absolute Gasteiger partial charge is 0.238 e. The monoisotopic (exact) mass is 283 g/mol. The third-order valence-electron chi connectivity index (χ3n) is 3.50. The average molecular weight is 283 g/mol. The zero-order valence-electron chi connectivity index (χ0n) is 11.4. The number of amides is 1. The summed E-state index contributed by atoms with van der Waals surface area (Å²) in [6.07, 6.45) is 4.78. The lowest BCUT2D eigenvalue weighted by molar-refractivity contribution is -0.124. The summed E-state index contributed by atoms with van der Waals surface area (Å²) in [7, 11) is 1.89. The zero-order valence-corrected chi connectivity index (χ0v) is 12.2. The van der Waals surface area contributed by atoms with E-state index < -0.39 is 5.54 Å². The van der Waals surface area contributed by atoms with E-state index in [0.29, 0.717) is 11.7 Å². The molecule has 0 spiro atoms. The molecule has 1 fully saturated rings. The predicted octanol–water partition coefficient (Wildman–Crippen LogP) is 0.541. The Balaban J connectivity index is 2.08. The standard InChI is InChI=1S/C12H21N5OS/c1-3-6-14-12(10(13)18,9-4-5-9)7-19-11-16-15-8-17(11)2/h8-9,14H,3-7H2,1-2H3,(H2,13,18). The number of hydrogen-bond acceptors (Lipinski definition) is 5. The summed E-state index contributed by atoms with van der Waals surface area (Å²) in [5.74, 6) is 0.717. The molecule has 1 unspecified atom stereocenters. The van der Waals surface area contributed by atoms with Crippen LogP contribution in [0.15, 0.2) is 11.5 Å². The number of nitrogens with zero attached hydrogens (tertiary/aromatic N) is 3. The van der Waals surface area contributed by atoms with Crippen LogP contribution >= 0.6 is 11.8 Å². The van der Waals surface area contributed by atoms with Crippen LogP contribution in [0.3, 0.4) is 0 Å². The van der Waals surface area contributed by atoms with Gasteiger partial charge in [0, 0.05) is 12.8 Å². The van der Waals surface area contributed by atoms with E-state index in [4.69, 9.17) is 5.73 Å². The topological polar surface area (TPSA) is 85.8 Å². The van der Waals surface area contributed by atoms with Crippen molar-refractivity contribution in [3.63, 3.8) is 0 Å². The van der Waals surface area contributed by atoms with Crippen molar-refractivity contribution >= 4 is 17.7 Å². The molecule has 0 bridgehead atoms. The van der Waals surface area contributed by atoms with Crippen molar-refractivity contribution in [2.45, 2.75) is 36.9 Å². The van der Waals surface area contributed by atoms with Crippen LogP contribution in [-0.4, -0.2) is 38.5 Å². The Labute approximate surface area is 117 Å². The number of rotatable bonds is 8. The maximum absolute atomic E-state index is 12.0. The Morgan fingerprint density at radius 3 is 2.89 bits per heavy atom. The van der Waals surface area contributed by atoms with Crippen molar-refractivity contribution in [3.05, 3.63) is 6.33 Å². The molecule has 1 atom stereocenters. The SMILES string of the molecule is CCCNC(CSc1nncn1C)(C(N)=O)C1CC1. The van der Waals surface area contributed by atoms with Gasteiger partial charge >= 0.3 is 0 Å². The fourth-order valence-electron chi connectivity index (χ4n) is 2.18. The maximum Gasteiger partial charge on any atom is 0.238 e. The highest BCUT2D eigenvalue weighted by Crippen LogP contribution is 2.42. The maximum atomic E-state index is 12.0. The van der Waals surface area contributed by atoms with E-state index in [2.05, 4.69) is 22.4 Å². The number of hydrogen-bond donors (Lipinski definition) is 2. The largest absolute Gasteiger partial charge is 0.368 e. The van der Waals surface area contributed by atoms with Gasteiger partial charge in [0.25, 0.3) is 0 Å². The molecular weight excluding hydrogens is 262 g/mol. The third kappa shape index (κ3) is 3.09. The molecule has 1 aromatic heterocycles. The molecular formula is C12H21N5OS. The summed E-state index contributed by atoms with van der Waals surface area (Å²) in [6, 6.07) is 0. The fourth-order valence-corrected chi connectivity index (χ4v) is 3.37. The Kier molecular flexibility index (Phi) is 4.46. The highest BCUT2D eigenvalue weighted by molar-refractivity contribution is 7.99. The number of aryl methyl sites for hydroxylation is 1. The molecule has 0 saturated heterocycles. The second-order valence-corrected chi connectivity index (χ2v) is 5.99. The molecule has 0 aromatic carbocycles. The third-order valence-corrected chi connectivity index (χ3v) is 4.73. The first-order chi connectivity index (χ1) is 9.10. The van der Waals surface area contributed by atoms with Crippen molar-refractivity contribution in [2.24, 2.45) is 18.7 Å². The Morgan fingerprint density at radius 2 is 2.42 bits per heavy atom. The summed E-state index contributed by atoms with van der Waals surface area (Å²) < 4.78 is 1.85. The Bertz CT molecular complexity index is 445. The van der Waals surface area contributed by atoms with Gasteiger partial charge in [-0.05, 0) is 31.7 Å². The van der Waals surface area contributed by atoms with E-state index in [1.165, 1.54) is 11.8 Å². The highest BCUT2D eigenvalue weighted by Gasteiger charge is 2.49. The van der Waals surface area contributed by atoms with Crippen molar-refractivity contribution < 1.29 is 4.79 Å². The number of primary amides is 1. The van der Waals surface area contributed by atoms with Crippen molar-refractivity contribution in [3.8, 4) is 0 Å². The molecule has 7 heteroatoms. The summed E-state index contributed by atoms with van der Waals surface area (Å²) in [6.45, 7) is 2.89. The molecule has 0 radical (unpaired) electrons. The van der Waals surface area contributed by atoms with Crippen LogP contribution in [0.25, 0.3) is 0 Å². The van der Waals surface area contributed by atoms with Crippen LogP contribution in [-0.2, 0) is 11.8 Å². The molecule has 6 nitrogen and oxygen atoms in total. The van der Waals surface area contributed by atoms with Crippen molar-refractivity contribution in [1.82, 2.24) is 20.1 Å². The average Bonchev–Trinajstić information content (AvgIpc) is 3.14. The summed E-state index contributed by atoms with van der Waals surface area (Å²) in [4.78, 5) is 12.0. The van der Waals surface area contributed by atoms with Gasteiger partial charge in [-0.3, -0.25) is 4.79 Å². The van der Waals surface area contributed by atoms with Crippen LogP contribution in [0.4, 0.5) is 0 Å². The molecule has 1 heterocycles. The van der Waals surface area contributed by atoms with Gasteiger partial charge in [-0.2, -0.15) is 0 Å². The fraction of sp³-hybridized carbons (Fsp3) is 0.750. The van der Waals surface area contributed by atoms with E-state index >= 15 is 0 Å². The Morgan fingerprint density at radius 1 is 1.68 bits per heavy atom. The molecule has 1 aromatic rings. The number of aromatic nitrogens is 3. The number of carbonyl (C=O) groups is 1. The number of carbonyl (C=O) groups excluding carboxylic acids is 1. The Hall–Kier alpha value is -1.08. The van der Waals surface area contributed by atoms with Crippen LogP contribution in [0, 0.1) is 5.92 Å². The van der Waals surface area contributed by atoms with Crippen LogP contribution in [0.2, 0.25) is 0 Å². The van der Waals surface area contributed by atoms with E-state index in [9.17, 15) is 4.79 Å². The van der Waals surface area contributed by atoms with E-state index in [1.807, 2.05) is 11.6 Å². The second kappa shape index (κ2) is 5.92. The molecule has 3 N–H and O–H groups in total. The predicted molar refractivity (Wildman–Crippen MR) is 74.7 cm³/mol. The molecule has 2 rings (SSSR count). The summed E-state index contributed by atoms with van der Waals surface area (Å²) in [5.41, 5.74) is 5.07. The highest BCUT2D eigenvalue weighted by atomic mass is 32.2. The van der Waals surface area contributed by atoms with Gasteiger partial charge in [-0.15, -0.1) is 10.2 Å². The number of nitrogens with one attached hydrogen (secondary N) is 1. The molecule has 1 aliphatic rings. The normalized spacial score (nSPS) is 18.2. The lowest BCUT2D eigenvalue weighted by Crippen LogP contribution is -2.59. The van der Waals surface area contributed by atoms with E-state index in [1.54, 1.807) is 6.33 Å². The number of thioether (sulfide) groups is 1. The van der Waals surface area contributed by atoms with Crippen molar-refractivity contribution in [1.29, 1.82) is 0 Å². The second-order valence-electron chi connectivity index (χ2n) is 5.05. The lowest BCUT2D eigenvalue weighted by Gasteiger charge is -2.31. The lowest BCUT2D eigenvalue weighted by atomic mass is 9.94. The summed E-state index contributed by atoms with van der Waals surface area (Å²) >= 11 is 1.53. The van der Waals surface area contributed by atoms with Gasteiger partial charge in [0.05, 0.1) is 0 Å². The molecule has 19 heavy (non-hydrogen) atoms. The van der Waals surface area contributed by atoms with Gasteiger partial charge < -0.3 is 15.6 Å². The van der Waals surface area contributed by atoms with Crippen LogP contribution in [0.5, 0.6) is 0 Å². The van der Waals surface area contributed by atoms with Gasteiger partial charge in [0.1, 0.15) is 11.9 Å². The quantitative estimate of drug-likeness (QED) is 0.680. The van der Waals surface area contributed by atoms with Gasteiger partial charge in [0.15, 0.2) is 5.16 Å². The molecule has 1 aliphatic carbocycles. The molecule has 106 valence electrons. The minimum absolute atomic E-state index is 0.252. The molecule has 0 aliphatic heterocycles. The van der Waals surface area contributed by atoms with Gasteiger partial charge in [0.2, 0.25) is 5.91 Å². The molecule has 1 saturated carbocycles. The minimum Gasteiger partial charge on any atom is -0.368 e. The van der Waals surface area contributed by atoms with E-state index in [0.717, 1.165) is 31.0 Å².